The molecule has 9 heteroatoms. The maximum atomic E-state index is 14.2. The van der Waals surface area contributed by atoms with Gasteiger partial charge in [0.2, 0.25) is 5.43 Å². The molecule has 1 N–H and O–H groups in total. The first-order valence-corrected chi connectivity index (χ1v) is 7.07. The second kappa shape index (κ2) is 6.14. The van der Waals surface area contributed by atoms with Crippen LogP contribution in [0.4, 0.5) is 18.0 Å². The molecule has 0 atom stereocenters. The SMILES string of the molecule is O=C(O)Oc1cn(-c2ccc(F)cc2F)c2c(Cl)c(F)ccc2c1=O. The van der Waals surface area contributed by atoms with Gasteiger partial charge in [-0.25, -0.2) is 18.0 Å². The Morgan fingerprint density at radius 3 is 2.48 bits per heavy atom. The van der Waals surface area contributed by atoms with Crippen molar-refractivity contribution in [2.75, 3.05) is 0 Å². The van der Waals surface area contributed by atoms with Crippen LogP contribution in [0, 0.1) is 17.5 Å². The fourth-order valence-corrected chi connectivity index (χ4v) is 2.62. The smallest absolute Gasteiger partial charge is 0.449 e. The number of nitrogens with zero attached hydrogens (tertiary/aromatic N) is 1. The summed E-state index contributed by atoms with van der Waals surface area (Å²) in [6.07, 6.45) is -0.920. The number of fused-ring (bicyclic) bond motifs is 1. The minimum absolute atomic E-state index is 0.200. The van der Waals surface area contributed by atoms with Gasteiger partial charge in [-0.15, -0.1) is 0 Å². The number of carboxylic acid groups (broad SMARTS) is 1. The van der Waals surface area contributed by atoms with Crippen molar-refractivity contribution < 1.29 is 27.8 Å². The van der Waals surface area contributed by atoms with Crippen LogP contribution >= 0.6 is 11.6 Å². The van der Waals surface area contributed by atoms with Gasteiger partial charge in [0.15, 0.2) is 5.75 Å². The van der Waals surface area contributed by atoms with Crippen molar-refractivity contribution in [2.45, 2.75) is 0 Å². The number of rotatable bonds is 2. The quantitative estimate of drug-likeness (QED) is 0.690. The molecule has 0 aliphatic rings. The molecule has 0 fully saturated rings. The fraction of sp³-hybridized carbons (Fsp3) is 0. The Morgan fingerprint density at radius 1 is 1.12 bits per heavy atom. The van der Waals surface area contributed by atoms with Crippen LogP contribution < -0.4 is 10.2 Å². The molecule has 0 saturated carbocycles. The summed E-state index contributed by atoms with van der Waals surface area (Å²) in [6.45, 7) is 0. The van der Waals surface area contributed by atoms with Gasteiger partial charge in [-0.2, -0.15) is 0 Å². The van der Waals surface area contributed by atoms with Gasteiger partial charge in [-0.3, -0.25) is 4.79 Å². The van der Waals surface area contributed by atoms with Crippen LogP contribution in [0.1, 0.15) is 0 Å². The third-order valence-electron chi connectivity index (χ3n) is 3.39. The molecule has 3 rings (SSSR count). The van der Waals surface area contributed by atoms with E-state index in [0.29, 0.717) is 6.07 Å². The van der Waals surface area contributed by atoms with Gasteiger partial charge in [0.25, 0.3) is 0 Å². The molecule has 0 saturated heterocycles. The number of halogens is 4. The monoisotopic (exact) mass is 369 g/mol. The van der Waals surface area contributed by atoms with Crippen LogP contribution in [0.3, 0.4) is 0 Å². The summed E-state index contributed by atoms with van der Waals surface area (Å²) in [5, 5.41) is 8.05. The average molecular weight is 370 g/mol. The molecule has 0 amide bonds. The second-order valence-corrected chi connectivity index (χ2v) is 5.29. The highest BCUT2D eigenvalue weighted by atomic mass is 35.5. The van der Waals surface area contributed by atoms with Crippen molar-refractivity contribution >= 4 is 28.7 Å². The Kier molecular flexibility index (Phi) is 4.13. The summed E-state index contributed by atoms with van der Waals surface area (Å²) in [4.78, 5) is 23.1. The van der Waals surface area contributed by atoms with Crippen LogP contribution in [0.25, 0.3) is 16.6 Å². The Balaban J connectivity index is 2.47. The fourth-order valence-electron chi connectivity index (χ4n) is 2.37. The van der Waals surface area contributed by atoms with E-state index in [9.17, 15) is 22.8 Å². The number of aromatic nitrogens is 1. The largest absolute Gasteiger partial charge is 0.511 e. The van der Waals surface area contributed by atoms with E-state index in [2.05, 4.69) is 4.74 Å². The summed E-state index contributed by atoms with van der Waals surface area (Å²) in [5.41, 5.74) is -1.37. The van der Waals surface area contributed by atoms with Crippen molar-refractivity contribution in [3.05, 3.63) is 69.2 Å². The van der Waals surface area contributed by atoms with E-state index < -0.39 is 39.8 Å². The van der Waals surface area contributed by atoms with Crippen molar-refractivity contribution in [1.29, 1.82) is 0 Å². The summed E-state index contributed by atoms with van der Waals surface area (Å²) in [6, 6.07) is 4.51. The molecular formula is C16H7ClF3NO4. The molecule has 3 aromatic rings. The molecular weight excluding hydrogens is 363 g/mol. The zero-order valence-corrected chi connectivity index (χ0v) is 12.9. The lowest BCUT2D eigenvalue weighted by atomic mass is 10.1. The minimum Gasteiger partial charge on any atom is -0.449 e. The number of carbonyl (C=O) groups is 1. The van der Waals surface area contributed by atoms with E-state index >= 15 is 0 Å². The first-order valence-electron chi connectivity index (χ1n) is 6.69. The third kappa shape index (κ3) is 2.91. The highest BCUT2D eigenvalue weighted by Gasteiger charge is 2.19. The Morgan fingerprint density at radius 2 is 1.84 bits per heavy atom. The molecule has 0 radical (unpaired) electrons. The molecule has 0 bridgehead atoms. The number of benzene rings is 2. The van der Waals surface area contributed by atoms with Gasteiger partial charge >= 0.3 is 6.16 Å². The van der Waals surface area contributed by atoms with Crippen LogP contribution in [0.15, 0.2) is 41.3 Å². The highest BCUT2D eigenvalue weighted by Crippen LogP contribution is 2.30. The molecule has 25 heavy (non-hydrogen) atoms. The lowest BCUT2D eigenvalue weighted by molar-refractivity contribution is 0.144. The molecule has 0 aliphatic carbocycles. The Labute approximate surface area is 142 Å². The number of hydrogen-bond donors (Lipinski definition) is 1. The van der Waals surface area contributed by atoms with Crippen LogP contribution in [-0.2, 0) is 0 Å². The summed E-state index contributed by atoms with van der Waals surface area (Å²) >= 11 is 5.91. The molecule has 0 spiro atoms. The predicted molar refractivity (Wildman–Crippen MR) is 83.1 cm³/mol. The van der Waals surface area contributed by atoms with Crippen LogP contribution in [-0.4, -0.2) is 15.8 Å². The number of pyridine rings is 1. The second-order valence-electron chi connectivity index (χ2n) is 4.91. The van der Waals surface area contributed by atoms with E-state index in [1.54, 1.807) is 0 Å². The topological polar surface area (TPSA) is 68.5 Å². The highest BCUT2D eigenvalue weighted by molar-refractivity contribution is 6.35. The van der Waals surface area contributed by atoms with Crippen LogP contribution in [0.2, 0.25) is 5.02 Å². The molecule has 2 aromatic carbocycles. The zero-order chi connectivity index (χ0) is 18.3. The van der Waals surface area contributed by atoms with E-state index in [-0.39, 0.29) is 16.6 Å². The van der Waals surface area contributed by atoms with Crippen molar-refractivity contribution in [3.8, 4) is 11.4 Å². The minimum atomic E-state index is -1.77. The predicted octanol–water partition coefficient (Wildman–Crippen LogP) is 4.12. The Hall–Kier alpha value is -3.00. The first kappa shape index (κ1) is 16.8. The van der Waals surface area contributed by atoms with E-state index in [0.717, 1.165) is 35.0 Å². The normalized spacial score (nSPS) is 10.9. The van der Waals surface area contributed by atoms with E-state index in [1.165, 1.54) is 0 Å². The van der Waals surface area contributed by atoms with Gasteiger partial charge in [0.05, 0.1) is 22.8 Å². The molecule has 0 unspecified atom stereocenters. The standard InChI is InChI=1S/C16H7ClF3NO4/c17-13-9(19)3-2-8-14(13)21(6-12(15(8)22)25-16(23)24)11-4-1-7(18)5-10(11)20/h1-6H,(H,23,24). The lowest BCUT2D eigenvalue weighted by Gasteiger charge is -2.15. The number of hydrogen-bond acceptors (Lipinski definition) is 3. The zero-order valence-electron chi connectivity index (χ0n) is 12.1. The average Bonchev–Trinajstić information content (AvgIpc) is 2.53. The van der Waals surface area contributed by atoms with Gasteiger partial charge < -0.3 is 14.4 Å². The van der Waals surface area contributed by atoms with Crippen molar-refractivity contribution in [2.24, 2.45) is 0 Å². The third-order valence-corrected chi connectivity index (χ3v) is 3.75. The summed E-state index contributed by atoms with van der Waals surface area (Å²) in [7, 11) is 0. The van der Waals surface area contributed by atoms with E-state index in [4.69, 9.17) is 16.7 Å². The Bertz CT molecular complexity index is 1080. The molecule has 5 nitrogen and oxygen atoms in total. The van der Waals surface area contributed by atoms with Gasteiger partial charge in [-0.05, 0) is 24.3 Å². The van der Waals surface area contributed by atoms with Crippen molar-refractivity contribution in [1.82, 2.24) is 4.57 Å². The summed E-state index contributed by atoms with van der Waals surface area (Å²) < 4.78 is 46.5. The van der Waals surface area contributed by atoms with Crippen LogP contribution in [0.5, 0.6) is 5.75 Å². The summed E-state index contributed by atoms with van der Waals surface area (Å²) in [5.74, 6) is -3.42. The van der Waals surface area contributed by atoms with Gasteiger partial charge in [-0.1, -0.05) is 11.6 Å². The molecule has 0 aliphatic heterocycles. The lowest BCUT2D eigenvalue weighted by Crippen LogP contribution is -2.16. The molecule has 1 heterocycles. The maximum Gasteiger partial charge on any atom is 0.511 e. The molecule has 1 aromatic heterocycles. The van der Waals surface area contributed by atoms with E-state index in [1.807, 2.05) is 0 Å². The van der Waals surface area contributed by atoms with Gasteiger partial charge in [0, 0.05) is 6.07 Å². The number of ether oxygens (including phenoxy) is 1. The maximum absolute atomic E-state index is 14.2. The first-order chi connectivity index (χ1) is 11.8. The molecule has 128 valence electrons. The van der Waals surface area contributed by atoms with Gasteiger partial charge in [0.1, 0.15) is 22.5 Å². The van der Waals surface area contributed by atoms with Crippen molar-refractivity contribution in [3.63, 3.8) is 0 Å².